The van der Waals surface area contributed by atoms with Crippen molar-refractivity contribution in [1.29, 1.82) is 0 Å². The number of hydrogen-bond acceptors (Lipinski definition) is 3. The van der Waals surface area contributed by atoms with E-state index >= 15 is 0 Å². The number of imidazole rings is 1. The predicted molar refractivity (Wildman–Crippen MR) is 81.9 cm³/mol. The molecule has 3 nitrogen and oxygen atoms in total. The molecule has 19 heavy (non-hydrogen) atoms. The van der Waals surface area contributed by atoms with E-state index in [9.17, 15) is 0 Å². The molecule has 1 aliphatic carbocycles. The Labute approximate surface area is 120 Å². The van der Waals surface area contributed by atoms with Crippen molar-refractivity contribution in [3.05, 3.63) is 18.2 Å². The predicted octanol–water partition coefficient (Wildman–Crippen LogP) is 3.20. The van der Waals surface area contributed by atoms with Crippen LogP contribution >= 0.6 is 11.8 Å². The number of thioether (sulfide) groups is 1. The molecule has 2 fully saturated rings. The van der Waals surface area contributed by atoms with E-state index in [0.717, 1.165) is 11.8 Å². The second kappa shape index (κ2) is 6.31. The molecule has 1 saturated heterocycles. The van der Waals surface area contributed by atoms with E-state index in [1.807, 2.05) is 0 Å². The van der Waals surface area contributed by atoms with Gasteiger partial charge in [0.1, 0.15) is 0 Å². The first kappa shape index (κ1) is 13.5. The fraction of sp³-hybridized carbons (Fsp3) is 0.800. The first-order chi connectivity index (χ1) is 9.38. The number of nitrogens with one attached hydrogen (secondary N) is 1. The summed E-state index contributed by atoms with van der Waals surface area (Å²) in [5, 5.41) is 4.39. The average Bonchev–Trinajstić information content (AvgIpc) is 3.08. The molecule has 0 spiro atoms. The molecule has 0 amide bonds. The summed E-state index contributed by atoms with van der Waals surface area (Å²) in [5.74, 6) is 1.93. The molecular formula is C15H25N3S. The highest BCUT2D eigenvalue weighted by Crippen LogP contribution is 2.38. The molecule has 106 valence electrons. The summed E-state index contributed by atoms with van der Waals surface area (Å²) in [5.41, 5.74) is 1.47. The monoisotopic (exact) mass is 279 g/mol. The van der Waals surface area contributed by atoms with Gasteiger partial charge in [0.05, 0.1) is 6.33 Å². The van der Waals surface area contributed by atoms with Crippen LogP contribution in [-0.4, -0.2) is 33.6 Å². The van der Waals surface area contributed by atoms with Crippen LogP contribution in [0.1, 0.15) is 56.7 Å². The zero-order chi connectivity index (χ0) is 13.1. The van der Waals surface area contributed by atoms with Crippen LogP contribution in [0.3, 0.4) is 0 Å². The Morgan fingerprint density at radius 3 is 3.16 bits per heavy atom. The van der Waals surface area contributed by atoms with Crippen LogP contribution in [0.25, 0.3) is 0 Å². The lowest BCUT2D eigenvalue weighted by atomic mass is 9.96. The van der Waals surface area contributed by atoms with Gasteiger partial charge in [-0.05, 0) is 44.4 Å². The minimum atomic E-state index is 0.675. The van der Waals surface area contributed by atoms with E-state index < -0.39 is 0 Å². The Kier molecular flexibility index (Phi) is 4.49. The van der Waals surface area contributed by atoms with Crippen LogP contribution in [0.4, 0.5) is 0 Å². The van der Waals surface area contributed by atoms with Crippen molar-refractivity contribution in [1.82, 2.24) is 14.9 Å². The maximum absolute atomic E-state index is 4.44. The topological polar surface area (TPSA) is 29.9 Å². The largest absolute Gasteiger partial charge is 0.331 e. The molecular weight excluding hydrogens is 254 g/mol. The number of piperidine rings is 1. The number of nitrogens with zero attached hydrogens (tertiary/aromatic N) is 2. The van der Waals surface area contributed by atoms with Gasteiger partial charge in [-0.1, -0.05) is 6.92 Å². The van der Waals surface area contributed by atoms with Gasteiger partial charge in [0.25, 0.3) is 0 Å². The third-order valence-corrected chi connectivity index (χ3v) is 5.80. The van der Waals surface area contributed by atoms with Gasteiger partial charge in [0, 0.05) is 35.6 Å². The molecule has 2 aliphatic rings. The molecule has 3 rings (SSSR count). The van der Waals surface area contributed by atoms with Crippen LogP contribution in [0.15, 0.2) is 12.5 Å². The second-order valence-electron chi connectivity index (χ2n) is 5.81. The SMILES string of the molecule is CCSC1CCC(n2cncc2C2CCCNC2)C1. The normalized spacial score (nSPS) is 31.7. The van der Waals surface area contributed by atoms with Gasteiger partial charge in [-0.2, -0.15) is 11.8 Å². The summed E-state index contributed by atoms with van der Waals surface area (Å²) in [6, 6.07) is 0.698. The minimum Gasteiger partial charge on any atom is -0.331 e. The number of rotatable bonds is 4. The van der Waals surface area contributed by atoms with Gasteiger partial charge < -0.3 is 9.88 Å². The lowest BCUT2D eigenvalue weighted by molar-refractivity contribution is 0.418. The molecule has 0 bridgehead atoms. The van der Waals surface area contributed by atoms with Crippen molar-refractivity contribution >= 4 is 11.8 Å². The van der Waals surface area contributed by atoms with Crippen molar-refractivity contribution in [2.75, 3.05) is 18.8 Å². The summed E-state index contributed by atoms with van der Waals surface area (Å²) in [6.07, 6.45) is 10.9. The Hall–Kier alpha value is -0.480. The van der Waals surface area contributed by atoms with Gasteiger partial charge in [-0.15, -0.1) is 0 Å². The molecule has 1 aliphatic heterocycles. The first-order valence-corrected chi connectivity index (χ1v) is 8.77. The van der Waals surface area contributed by atoms with E-state index in [1.165, 1.54) is 50.1 Å². The van der Waals surface area contributed by atoms with E-state index in [-0.39, 0.29) is 0 Å². The molecule has 1 aromatic heterocycles. The number of aromatic nitrogens is 2. The first-order valence-electron chi connectivity index (χ1n) is 7.72. The third-order valence-electron chi connectivity index (χ3n) is 4.56. The summed E-state index contributed by atoms with van der Waals surface area (Å²) in [7, 11) is 0. The molecule has 3 atom stereocenters. The Morgan fingerprint density at radius 2 is 2.37 bits per heavy atom. The standard InChI is InChI=1S/C15H25N3S/c1-2-19-14-6-5-13(8-14)18-11-17-10-15(18)12-4-3-7-16-9-12/h10-14,16H,2-9H2,1H3. The third kappa shape index (κ3) is 3.00. The van der Waals surface area contributed by atoms with Crippen molar-refractivity contribution in [3.8, 4) is 0 Å². The molecule has 1 N–H and O–H groups in total. The van der Waals surface area contributed by atoms with E-state index in [1.54, 1.807) is 0 Å². The lowest BCUT2D eigenvalue weighted by Crippen LogP contribution is -2.30. The van der Waals surface area contributed by atoms with Gasteiger partial charge in [0.2, 0.25) is 0 Å². The zero-order valence-electron chi connectivity index (χ0n) is 11.8. The maximum Gasteiger partial charge on any atom is 0.0950 e. The highest BCUT2D eigenvalue weighted by atomic mass is 32.2. The van der Waals surface area contributed by atoms with Gasteiger partial charge in [0.15, 0.2) is 0 Å². The van der Waals surface area contributed by atoms with Crippen LogP contribution in [0.5, 0.6) is 0 Å². The Bertz CT molecular complexity index is 398. The second-order valence-corrected chi connectivity index (χ2v) is 7.39. The van der Waals surface area contributed by atoms with Crippen molar-refractivity contribution in [2.45, 2.75) is 56.2 Å². The fourth-order valence-electron chi connectivity index (χ4n) is 3.60. The van der Waals surface area contributed by atoms with Gasteiger partial charge in [-0.3, -0.25) is 0 Å². The van der Waals surface area contributed by atoms with Crippen LogP contribution in [0, 0.1) is 0 Å². The summed E-state index contributed by atoms with van der Waals surface area (Å²) in [6.45, 7) is 4.59. The highest BCUT2D eigenvalue weighted by molar-refractivity contribution is 7.99. The van der Waals surface area contributed by atoms with Crippen LogP contribution < -0.4 is 5.32 Å². The molecule has 1 saturated carbocycles. The van der Waals surface area contributed by atoms with Crippen molar-refractivity contribution in [2.24, 2.45) is 0 Å². The molecule has 2 heterocycles. The maximum atomic E-state index is 4.44. The summed E-state index contributed by atoms with van der Waals surface area (Å²) >= 11 is 2.14. The van der Waals surface area contributed by atoms with E-state index in [0.29, 0.717) is 12.0 Å². The molecule has 1 aromatic rings. The molecule has 3 unspecified atom stereocenters. The Morgan fingerprint density at radius 1 is 1.42 bits per heavy atom. The zero-order valence-corrected chi connectivity index (χ0v) is 12.7. The quantitative estimate of drug-likeness (QED) is 0.918. The van der Waals surface area contributed by atoms with Crippen molar-refractivity contribution < 1.29 is 0 Å². The van der Waals surface area contributed by atoms with Gasteiger partial charge in [-0.25, -0.2) is 4.98 Å². The van der Waals surface area contributed by atoms with Crippen LogP contribution in [-0.2, 0) is 0 Å². The smallest absolute Gasteiger partial charge is 0.0950 e. The Balaban J connectivity index is 1.70. The summed E-state index contributed by atoms with van der Waals surface area (Å²) < 4.78 is 2.49. The molecule has 0 radical (unpaired) electrons. The minimum absolute atomic E-state index is 0.675. The molecule has 0 aromatic carbocycles. The fourth-order valence-corrected chi connectivity index (χ4v) is 4.73. The highest BCUT2D eigenvalue weighted by Gasteiger charge is 2.28. The molecule has 4 heteroatoms. The van der Waals surface area contributed by atoms with E-state index in [4.69, 9.17) is 0 Å². The van der Waals surface area contributed by atoms with Gasteiger partial charge >= 0.3 is 0 Å². The van der Waals surface area contributed by atoms with Crippen molar-refractivity contribution in [3.63, 3.8) is 0 Å². The van der Waals surface area contributed by atoms with E-state index in [2.05, 4.69) is 46.1 Å². The van der Waals surface area contributed by atoms with Crippen LogP contribution in [0.2, 0.25) is 0 Å². The summed E-state index contributed by atoms with van der Waals surface area (Å²) in [4.78, 5) is 4.44. The average molecular weight is 279 g/mol. The lowest BCUT2D eigenvalue weighted by Gasteiger charge is -2.26. The number of hydrogen-bond donors (Lipinski definition) is 1.